The molecule has 1 aromatic heterocycles. The SMILES string of the molecule is NNc1ccc(C(=O)NCCCCCC(=O)NCCCC[C@H](NC(=O)N[C@H](CC(=O)O)C(=O)O)C(=O)O)cn1. The molecule has 0 spiro atoms. The number of nitrogens with two attached hydrogens (primary N) is 1. The summed E-state index contributed by atoms with van der Waals surface area (Å²) >= 11 is 0. The van der Waals surface area contributed by atoms with E-state index in [0.717, 1.165) is 6.42 Å². The van der Waals surface area contributed by atoms with Gasteiger partial charge in [0.15, 0.2) is 0 Å². The average Bonchev–Trinajstić information content (AvgIpc) is 2.88. The van der Waals surface area contributed by atoms with E-state index in [-0.39, 0.29) is 18.2 Å². The molecule has 0 aliphatic heterocycles. The summed E-state index contributed by atoms with van der Waals surface area (Å²) in [6.45, 7) is 0.754. The van der Waals surface area contributed by atoms with Crippen molar-refractivity contribution in [3.05, 3.63) is 23.9 Å². The molecule has 1 aromatic rings. The van der Waals surface area contributed by atoms with E-state index in [1.165, 1.54) is 6.20 Å². The Morgan fingerprint density at radius 3 is 2.05 bits per heavy atom. The van der Waals surface area contributed by atoms with Crippen LogP contribution in [0.5, 0.6) is 0 Å². The molecule has 0 saturated heterocycles. The van der Waals surface area contributed by atoms with Crippen molar-refractivity contribution >= 4 is 41.6 Å². The fourth-order valence-electron chi connectivity index (χ4n) is 3.28. The summed E-state index contributed by atoms with van der Waals surface area (Å²) in [5, 5.41) is 36.4. The molecule has 2 atom stereocenters. The van der Waals surface area contributed by atoms with Gasteiger partial charge in [-0.05, 0) is 44.2 Å². The lowest BCUT2D eigenvalue weighted by atomic mass is 10.1. The minimum atomic E-state index is -1.71. The number of hydrazine groups is 1. The largest absolute Gasteiger partial charge is 0.481 e. The molecule has 10 N–H and O–H groups in total. The molecular weight excluding hydrogens is 518 g/mol. The number of unbranched alkanes of at least 4 members (excludes halogenated alkanes) is 3. The maximum absolute atomic E-state index is 12.0. The fourth-order valence-corrected chi connectivity index (χ4v) is 3.28. The van der Waals surface area contributed by atoms with E-state index in [0.29, 0.717) is 56.6 Å². The Balaban J connectivity index is 2.17. The van der Waals surface area contributed by atoms with Crippen LogP contribution in [-0.2, 0) is 19.2 Å². The third-order valence-electron chi connectivity index (χ3n) is 5.37. The number of nitrogen functional groups attached to an aromatic ring is 1. The predicted molar refractivity (Wildman–Crippen MR) is 136 cm³/mol. The van der Waals surface area contributed by atoms with Crippen LogP contribution in [0.25, 0.3) is 0 Å². The summed E-state index contributed by atoms with van der Waals surface area (Å²) in [4.78, 5) is 72.9. The lowest BCUT2D eigenvalue weighted by Crippen LogP contribution is -2.51. The van der Waals surface area contributed by atoms with Gasteiger partial charge in [-0.2, -0.15) is 0 Å². The van der Waals surface area contributed by atoms with Gasteiger partial charge < -0.3 is 42.0 Å². The first-order chi connectivity index (χ1) is 18.5. The highest BCUT2D eigenvalue weighted by molar-refractivity contribution is 5.94. The molecule has 16 heteroatoms. The van der Waals surface area contributed by atoms with Crippen molar-refractivity contribution in [1.82, 2.24) is 26.3 Å². The van der Waals surface area contributed by atoms with Crippen LogP contribution >= 0.6 is 0 Å². The van der Waals surface area contributed by atoms with Gasteiger partial charge in [0.1, 0.15) is 17.9 Å². The number of urea groups is 1. The maximum Gasteiger partial charge on any atom is 0.326 e. The molecule has 1 rings (SSSR count). The molecule has 216 valence electrons. The molecule has 0 bridgehead atoms. The van der Waals surface area contributed by atoms with E-state index in [4.69, 9.17) is 16.1 Å². The first-order valence-corrected chi connectivity index (χ1v) is 12.3. The van der Waals surface area contributed by atoms with Crippen LogP contribution in [0.3, 0.4) is 0 Å². The van der Waals surface area contributed by atoms with Crippen LogP contribution in [0.4, 0.5) is 10.6 Å². The van der Waals surface area contributed by atoms with E-state index in [1.807, 2.05) is 5.32 Å². The number of amides is 4. The van der Waals surface area contributed by atoms with Crippen LogP contribution in [0.15, 0.2) is 18.3 Å². The number of nitrogens with one attached hydrogen (secondary N) is 5. The molecule has 0 radical (unpaired) electrons. The highest BCUT2D eigenvalue weighted by Crippen LogP contribution is 2.05. The van der Waals surface area contributed by atoms with Crippen LogP contribution in [0.2, 0.25) is 0 Å². The molecule has 0 unspecified atom stereocenters. The van der Waals surface area contributed by atoms with Gasteiger partial charge in [-0.3, -0.25) is 14.4 Å². The van der Waals surface area contributed by atoms with Gasteiger partial charge in [-0.15, -0.1) is 0 Å². The second-order valence-electron chi connectivity index (χ2n) is 8.49. The van der Waals surface area contributed by atoms with Crippen molar-refractivity contribution in [3.63, 3.8) is 0 Å². The molecule has 0 aliphatic carbocycles. The number of nitrogens with zero attached hydrogens (tertiary/aromatic N) is 1. The Hall–Kier alpha value is -4.47. The van der Waals surface area contributed by atoms with Crippen LogP contribution in [-0.4, -0.2) is 81.2 Å². The Kier molecular flexibility index (Phi) is 14.9. The number of hydrogen-bond donors (Lipinski definition) is 9. The van der Waals surface area contributed by atoms with Gasteiger partial charge in [-0.1, -0.05) is 6.42 Å². The minimum Gasteiger partial charge on any atom is -0.481 e. The maximum atomic E-state index is 12.0. The third kappa shape index (κ3) is 14.2. The third-order valence-corrected chi connectivity index (χ3v) is 5.37. The van der Waals surface area contributed by atoms with Gasteiger partial charge in [0, 0.05) is 25.7 Å². The van der Waals surface area contributed by atoms with Gasteiger partial charge in [0.25, 0.3) is 5.91 Å². The van der Waals surface area contributed by atoms with E-state index >= 15 is 0 Å². The molecule has 0 saturated carbocycles. The lowest BCUT2D eigenvalue weighted by molar-refractivity contribution is -0.145. The van der Waals surface area contributed by atoms with Crippen LogP contribution < -0.4 is 32.5 Å². The number of pyridine rings is 1. The zero-order chi connectivity index (χ0) is 29.2. The Morgan fingerprint density at radius 2 is 1.46 bits per heavy atom. The summed E-state index contributed by atoms with van der Waals surface area (Å²) in [6.07, 6.45) is 3.69. The smallest absolute Gasteiger partial charge is 0.326 e. The van der Waals surface area contributed by atoms with Crippen LogP contribution in [0.1, 0.15) is 61.7 Å². The standard InChI is InChI=1S/C23H35N7O9/c24-30-17-9-8-14(13-27-17)20(34)26-11-4-1-2-7-18(31)25-10-5-3-6-15(21(35)36)28-23(39)29-16(22(37)38)12-19(32)33/h8-9,13,15-16H,1-7,10-12,24H2,(H,25,31)(H,26,34)(H,27,30)(H,32,33)(H,35,36)(H,37,38)(H2,28,29,39)/t15-,16+/m0/s1. The zero-order valence-corrected chi connectivity index (χ0v) is 21.3. The van der Waals surface area contributed by atoms with Gasteiger partial charge in [0.2, 0.25) is 5.91 Å². The average molecular weight is 554 g/mol. The van der Waals surface area contributed by atoms with E-state index in [9.17, 15) is 33.9 Å². The normalized spacial score (nSPS) is 11.9. The number of anilines is 1. The monoisotopic (exact) mass is 553 g/mol. The summed E-state index contributed by atoms with van der Waals surface area (Å²) in [6, 6.07) is -0.961. The number of hydrogen-bond acceptors (Lipinski definition) is 9. The summed E-state index contributed by atoms with van der Waals surface area (Å²) < 4.78 is 0. The van der Waals surface area contributed by atoms with E-state index in [1.54, 1.807) is 12.1 Å². The topological polar surface area (TPSA) is 262 Å². The van der Waals surface area contributed by atoms with Crippen molar-refractivity contribution in [1.29, 1.82) is 0 Å². The Bertz CT molecular complexity index is 989. The second kappa shape index (κ2) is 17.9. The number of carbonyl (C=O) groups is 6. The lowest BCUT2D eigenvalue weighted by Gasteiger charge is -2.17. The van der Waals surface area contributed by atoms with Gasteiger partial charge in [0.05, 0.1) is 12.0 Å². The molecule has 0 aromatic carbocycles. The number of carboxylic acids is 3. The number of rotatable bonds is 19. The van der Waals surface area contributed by atoms with Crippen molar-refractivity contribution in [2.45, 2.75) is 63.5 Å². The fraction of sp³-hybridized carbons (Fsp3) is 0.522. The molecule has 16 nitrogen and oxygen atoms in total. The Morgan fingerprint density at radius 1 is 0.821 bits per heavy atom. The first kappa shape index (κ1) is 32.6. The van der Waals surface area contributed by atoms with Crippen molar-refractivity contribution < 1.29 is 44.1 Å². The number of carboxylic acid groups (broad SMARTS) is 3. The molecule has 0 fully saturated rings. The number of aliphatic carboxylic acids is 3. The number of carbonyl (C=O) groups excluding carboxylic acids is 3. The van der Waals surface area contributed by atoms with Gasteiger partial charge >= 0.3 is 23.9 Å². The quantitative estimate of drug-likeness (QED) is 0.0603. The van der Waals surface area contributed by atoms with Crippen LogP contribution in [0, 0.1) is 0 Å². The van der Waals surface area contributed by atoms with Crippen molar-refractivity contribution in [2.75, 3.05) is 18.5 Å². The molecule has 4 amide bonds. The highest BCUT2D eigenvalue weighted by Gasteiger charge is 2.26. The number of aromatic nitrogens is 1. The highest BCUT2D eigenvalue weighted by atomic mass is 16.4. The summed E-state index contributed by atoms with van der Waals surface area (Å²) in [5.74, 6) is 0.905. The van der Waals surface area contributed by atoms with Crippen molar-refractivity contribution in [3.8, 4) is 0 Å². The first-order valence-electron chi connectivity index (χ1n) is 12.3. The second-order valence-corrected chi connectivity index (χ2v) is 8.49. The van der Waals surface area contributed by atoms with Crippen molar-refractivity contribution in [2.24, 2.45) is 5.84 Å². The van der Waals surface area contributed by atoms with E-state index in [2.05, 4.69) is 26.4 Å². The minimum absolute atomic E-state index is 0.0190. The molecule has 39 heavy (non-hydrogen) atoms. The molecule has 1 heterocycles. The molecule has 0 aliphatic rings. The zero-order valence-electron chi connectivity index (χ0n) is 21.3. The van der Waals surface area contributed by atoms with Gasteiger partial charge in [-0.25, -0.2) is 25.2 Å². The Labute approximate surface area is 224 Å². The summed E-state index contributed by atoms with van der Waals surface area (Å²) in [7, 11) is 0. The molecular formula is C23H35N7O9. The summed E-state index contributed by atoms with van der Waals surface area (Å²) in [5.41, 5.74) is 2.78. The van der Waals surface area contributed by atoms with E-state index < -0.39 is 42.4 Å². The predicted octanol–water partition coefficient (Wildman–Crippen LogP) is -0.376.